The number of benzene rings is 2. The minimum absolute atomic E-state index is 0.0333. The molecule has 1 aromatic heterocycles. The van der Waals surface area contributed by atoms with Crippen molar-refractivity contribution in [1.82, 2.24) is 10.2 Å². The predicted octanol–water partition coefficient (Wildman–Crippen LogP) is 3.31. The second-order valence-corrected chi connectivity index (χ2v) is 7.13. The summed E-state index contributed by atoms with van der Waals surface area (Å²) >= 11 is 0. The number of nitrogens with zero attached hydrogens (tertiary/aromatic N) is 3. The molecule has 1 unspecified atom stereocenters. The molecule has 8 nitrogen and oxygen atoms in total. The standard InChI is InChI=1S/C22H21FN4O4/c1-2-30-18-9-7-17(8-10-18)27-13-15(12-20(27)29)21-25-26-22(31-21)24-19(28)11-14-3-5-16(23)6-4-14/h3-10,15H,2,11-13H2,1H3,(H,24,26,28). The van der Waals surface area contributed by atoms with Crippen LogP contribution in [-0.4, -0.2) is 35.2 Å². The highest BCUT2D eigenvalue weighted by atomic mass is 19.1. The van der Waals surface area contributed by atoms with Gasteiger partial charge in [-0.05, 0) is 48.9 Å². The maximum absolute atomic E-state index is 13.0. The first-order chi connectivity index (χ1) is 15.0. The van der Waals surface area contributed by atoms with Gasteiger partial charge < -0.3 is 14.1 Å². The van der Waals surface area contributed by atoms with Crippen LogP contribution in [0.3, 0.4) is 0 Å². The molecule has 160 valence electrons. The van der Waals surface area contributed by atoms with Crippen LogP contribution in [0.1, 0.15) is 30.7 Å². The van der Waals surface area contributed by atoms with Crippen molar-refractivity contribution in [1.29, 1.82) is 0 Å². The molecule has 0 bridgehead atoms. The van der Waals surface area contributed by atoms with Gasteiger partial charge in [-0.3, -0.25) is 14.9 Å². The predicted molar refractivity (Wildman–Crippen MR) is 110 cm³/mol. The summed E-state index contributed by atoms with van der Waals surface area (Å²) in [5, 5.41) is 10.4. The van der Waals surface area contributed by atoms with Gasteiger partial charge in [0.2, 0.25) is 17.7 Å². The normalized spacial score (nSPS) is 15.9. The van der Waals surface area contributed by atoms with E-state index in [4.69, 9.17) is 9.15 Å². The number of ether oxygens (including phenoxy) is 1. The molecule has 9 heteroatoms. The van der Waals surface area contributed by atoms with Crippen LogP contribution in [-0.2, 0) is 16.0 Å². The van der Waals surface area contributed by atoms with Crippen LogP contribution in [0.25, 0.3) is 0 Å². The second kappa shape index (κ2) is 8.95. The fraction of sp³-hybridized carbons (Fsp3) is 0.273. The first-order valence-electron chi connectivity index (χ1n) is 9.92. The van der Waals surface area contributed by atoms with E-state index in [0.29, 0.717) is 24.6 Å². The van der Waals surface area contributed by atoms with Gasteiger partial charge in [0, 0.05) is 18.7 Å². The van der Waals surface area contributed by atoms with Gasteiger partial charge in [0.1, 0.15) is 11.6 Å². The largest absolute Gasteiger partial charge is 0.494 e. The lowest BCUT2D eigenvalue weighted by atomic mass is 10.1. The summed E-state index contributed by atoms with van der Waals surface area (Å²) in [6.45, 7) is 2.88. The Morgan fingerprint density at radius 1 is 1.19 bits per heavy atom. The first kappa shape index (κ1) is 20.5. The second-order valence-electron chi connectivity index (χ2n) is 7.13. The molecule has 2 amide bonds. The number of rotatable bonds is 7. The summed E-state index contributed by atoms with van der Waals surface area (Å²) in [5.41, 5.74) is 1.43. The summed E-state index contributed by atoms with van der Waals surface area (Å²) in [5.74, 6) is -0.00813. The van der Waals surface area contributed by atoms with Crippen molar-refractivity contribution in [2.24, 2.45) is 0 Å². The molecule has 2 aromatic carbocycles. The molecule has 2 heterocycles. The van der Waals surface area contributed by atoms with Crippen LogP contribution in [0.5, 0.6) is 5.75 Å². The van der Waals surface area contributed by atoms with Crippen LogP contribution in [0.15, 0.2) is 52.9 Å². The highest BCUT2D eigenvalue weighted by Crippen LogP contribution is 2.32. The summed E-state index contributed by atoms with van der Waals surface area (Å²) in [6.07, 6.45) is 0.282. The van der Waals surface area contributed by atoms with E-state index in [-0.39, 0.29) is 42.4 Å². The van der Waals surface area contributed by atoms with E-state index in [2.05, 4.69) is 15.5 Å². The van der Waals surface area contributed by atoms with Crippen molar-refractivity contribution in [3.05, 3.63) is 65.8 Å². The minimum Gasteiger partial charge on any atom is -0.494 e. The summed E-state index contributed by atoms with van der Waals surface area (Å²) < 4.78 is 24.0. The number of carbonyl (C=O) groups excluding carboxylic acids is 2. The monoisotopic (exact) mass is 424 g/mol. The molecule has 31 heavy (non-hydrogen) atoms. The van der Waals surface area contributed by atoms with Gasteiger partial charge in [0.15, 0.2) is 0 Å². The molecule has 1 N–H and O–H groups in total. The quantitative estimate of drug-likeness (QED) is 0.625. The zero-order valence-corrected chi connectivity index (χ0v) is 16.9. The highest BCUT2D eigenvalue weighted by Gasteiger charge is 2.35. The first-order valence-corrected chi connectivity index (χ1v) is 9.92. The van der Waals surface area contributed by atoms with Gasteiger partial charge in [-0.1, -0.05) is 17.2 Å². The Hall–Kier alpha value is -3.75. The van der Waals surface area contributed by atoms with E-state index >= 15 is 0 Å². The molecule has 0 spiro atoms. The molecule has 1 fully saturated rings. The Labute approximate surface area is 178 Å². The summed E-state index contributed by atoms with van der Waals surface area (Å²) in [6, 6.07) is 12.9. The molecular weight excluding hydrogens is 403 g/mol. The highest BCUT2D eigenvalue weighted by molar-refractivity contribution is 5.96. The molecule has 1 aliphatic rings. The fourth-order valence-corrected chi connectivity index (χ4v) is 3.41. The fourth-order valence-electron chi connectivity index (χ4n) is 3.41. The van der Waals surface area contributed by atoms with Gasteiger partial charge in [-0.2, -0.15) is 0 Å². The van der Waals surface area contributed by atoms with E-state index in [1.54, 1.807) is 4.90 Å². The SMILES string of the molecule is CCOc1ccc(N2CC(c3nnc(NC(=O)Cc4ccc(F)cc4)o3)CC2=O)cc1. The smallest absolute Gasteiger partial charge is 0.322 e. The average molecular weight is 424 g/mol. The van der Waals surface area contributed by atoms with E-state index in [0.717, 1.165) is 11.4 Å². The number of aromatic nitrogens is 2. The van der Waals surface area contributed by atoms with E-state index < -0.39 is 0 Å². The Bertz CT molecular complexity index is 1070. The van der Waals surface area contributed by atoms with Crippen molar-refractivity contribution in [3.63, 3.8) is 0 Å². The number of halogens is 1. The van der Waals surface area contributed by atoms with Crippen molar-refractivity contribution in [3.8, 4) is 5.75 Å². The molecule has 1 saturated heterocycles. The third kappa shape index (κ3) is 4.88. The Kier molecular flexibility index (Phi) is 5.92. The van der Waals surface area contributed by atoms with Gasteiger partial charge >= 0.3 is 6.01 Å². The summed E-state index contributed by atoms with van der Waals surface area (Å²) in [7, 11) is 0. The van der Waals surface area contributed by atoms with Gasteiger partial charge in [0.25, 0.3) is 0 Å². The number of nitrogens with one attached hydrogen (secondary N) is 1. The third-order valence-corrected chi connectivity index (χ3v) is 4.90. The maximum Gasteiger partial charge on any atom is 0.322 e. The van der Waals surface area contributed by atoms with Crippen LogP contribution in [0.2, 0.25) is 0 Å². The zero-order valence-electron chi connectivity index (χ0n) is 16.9. The number of hydrogen-bond donors (Lipinski definition) is 1. The third-order valence-electron chi connectivity index (χ3n) is 4.90. The lowest BCUT2D eigenvalue weighted by Gasteiger charge is -2.16. The van der Waals surface area contributed by atoms with E-state index in [1.165, 1.54) is 24.3 Å². The van der Waals surface area contributed by atoms with Crippen LogP contribution >= 0.6 is 0 Å². The Balaban J connectivity index is 1.37. The van der Waals surface area contributed by atoms with Gasteiger partial charge in [0.05, 0.1) is 18.9 Å². The maximum atomic E-state index is 13.0. The Morgan fingerprint density at radius 3 is 2.65 bits per heavy atom. The summed E-state index contributed by atoms with van der Waals surface area (Å²) in [4.78, 5) is 26.3. The molecule has 3 aromatic rings. The zero-order chi connectivity index (χ0) is 21.8. The lowest BCUT2D eigenvalue weighted by molar-refractivity contribution is -0.117. The number of hydrogen-bond acceptors (Lipinski definition) is 6. The van der Waals surface area contributed by atoms with Gasteiger partial charge in [-0.15, -0.1) is 5.10 Å². The van der Waals surface area contributed by atoms with Gasteiger partial charge in [-0.25, -0.2) is 4.39 Å². The van der Waals surface area contributed by atoms with Crippen LogP contribution < -0.4 is 15.0 Å². The molecule has 0 saturated carbocycles. The molecular formula is C22H21FN4O4. The van der Waals surface area contributed by atoms with Crippen molar-refractivity contribution in [2.45, 2.75) is 25.7 Å². The van der Waals surface area contributed by atoms with Crippen molar-refractivity contribution in [2.75, 3.05) is 23.4 Å². The minimum atomic E-state index is -0.365. The van der Waals surface area contributed by atoms with Crippen LogP contribution in [0, 0.1) is 5.82 Å². The molecule has 0 radical (unpaired) electrons. The number of carbonyl (C=O) groups is 2. The van der Waals surface area contributed by atoms with Crippen molar-refractivity contribution < 1.29 is 23.1 Å². The van der Waals surface area contributed by atoms with Crippen molar-refractivity contribution >= 4 is 23.5 Å². The Morgan fingerprint density at radius 2 is 1.94 bits per heavy atom. The lowest BCUT2D eigenvalue weighted by Crippen LogP contribution is -2.24. The number of amides is 2. The van der Waals surface area contributed by atoms with E-state index in [1.807, 2.05) is 31.2 Å². The van der Waals surface area contributed by atoms with E-state index in [9.17, 15) is 14.0 Å². The van der Waals surface area contributed by atoms with Crippen LogP contribution in [0.4, 0.5) is 16.1 Å². The topological polar surface area (TPSA) is 97.6 Å². The number of anilines is 2. The molecule has 1 aliphatic heterocycles. The molecule has 4 rings (SSSR count). The molecule has 0 aliphatic carbocycles. The molecule has 1 atom stereocenters. The average Bonchev–Trinajstić information content (AvgIpc) is 3.37.